The Hall–Kier alpha value is -2.11. The molecule has 61 heavy (non-hydrogen) atoms. The normalized spacial score (nSPS) is 12.1. The fourth-order valence-electron chi connectivity index (χ4n) is 7.89. The molecule has 1 unspecified atom stereocenters. The second-order valence-electron chi connectivity index (χ2n) is 18.2. The zero-order valence-corrected chi connectivity index (χ0v) is 40.9. The van der Waals surface area contributed by atoms with E-state index in [-0.39, 0.29) is 31.1 Å². The van der Waals surface area contributed by atoms with Crippen molar-refractivity contribution < 1.29 is 28.6 Å². The molecule has 0 saturated heterocycles. The lowest BCUT2D eigenvalue weighted by molar-refractivity contribution is -0.167. The molecule has 0 radical (unpaired) electrons. The van der Waals surface area contributed by atoms with Crippen LogP contribution in [0.2, 0.25) is 0 Å². The van der Waals surface area contributed by atoms with Crippen LogP contribution in [0.3, 0.4) is 0 Å². The van der Waals surface area contributed by atoms with Crippen molar-refractivity contribution >= 4 is 17.9 Å². The molecule has 358 valence electrons. The number of esters is 3. The van der Waals surface area contributed by atoms with Crippen LogP contribution in [0.4, 0.5) is 0 Å². The number of hydrogen-bond acceptors (Lipinski definition) is 6. The summed E-state index contributed by atoms with van der Waals surface area (Å²) < 4.78 is 16.8. The molecule has 0 bridgehead atoms. The molecular weight excluding hydrogens is 757 g/mol. The standard InChI is InChI=1S/C55H102O6/c1-4-7-10-13-16-19-21-23-25-27-29-30-32-34-36-39-42-45-48-54(57)60-51-52(50-59-53(56)47-44-41-38-18-15-12-9-6-3)61-55(58)49-46-43-40-37-35-33-31-28-26-24-22-20-17-14-11-8-5-2/h19,21,25,27,52H,4-18,20,22-24,26,28-51H2,1-3H3/b21-19-,27-25-. The highest BCUT2D eigenvalue weighted by atomic mass is 16.6. The molecule has 0 heterocycles. The van der Waals surface area contributed by atoms with E-state index in [0.29, 0.717) is 19.3 Å². The van der Waals surface area contributed by atoms with Crippen LogP contribution in [0, 0.1) is 0 Å². The van der Waals surface area contributed by atoms with Crippen molar-refractivity contribution in [3.05, 3.63) is 24.3 Å². The van der Waals surface area contributed by atoms with Gasteiger partial charge >= 0.3 is 17.9 Å². The van der Waals surface area contributed by atoms with E-state index >= 15 is 0 Å². The minimum Gasteiger partial charge on any atom is -0.462 e. The van der Waals surface area contributed by atoms with Gasteiger partial charge in [0.1, 0.15) is 13.2 Å². The van der Waals surface area contributed by atoms with Crippen LogP contribution in [0.1, 0.15) is 290 Å². The van der Waals surface area contributed by atoms with Crippen LogP contribution in [-0.4, -0.2) is 37.2 Å². The summed E-state index contributed by atoms with van der Waals surface area (Å²) in [4.78, 5) is 37.9. The Labute approximate surface area is 379 Å². The van der Waals surface area contributed by atoms with Crippen molar-refractivity contribution in [2.24, 2.45) is 0 Å². The third kappa shape index (κ3) is 48.8. The maximum Gasteiger partial charge on any atom is 0.306 e. The monoisotopic (exact) mass is 859 g/mol. The molecule has 0 aromatic carbocycles. The minimum atomic E-state index is -0.767. The van der Waals surface area contributed by atoms with Gasteiger partial charge in [0.2, 0.25) is 0 Å². The van der Waals surface area contributed by atoms with E-state index in [1.807, 2.05) is 0 Å². The van der Waals surface area contributed by atoms with Crippen LogP contribution in [0.25, 0.3) is 0 Å². The molecule has 0 aliphatic heterocycles. The van der Waals surface area contributed by atoms with Gasteiger partial charge in [-0.1, -0.05) is 244 Å². The van der Waals surface area contributed by atoms with E-state index in [2.05, 4.69) is 45.1 Å². The van der Waals surface area contributed by atoms with E-state index < -0.39 is 6.10 Å². The SMILES string of the molecule is CCCCCC/C=C\C/C=C\CCCCCCCCCC(=O)OCC(COC(=O)CCCCCCCCCC)OC(=O)CCCCCCCCCCCCCCCCCCC. The average Bonchev–Trinajstić information content (AvgIpc) is 3.26. The second kappa shape index (κ2) is 50.5. The van der Waals surface area contributed by atoms with Crippen molar-refractivity contribution in [1.82, 2.24) is 0 Å². The molecule has 0 saturated carbocycles. The van der Waals surface area contributed by atoms with Crippen molar-refractivity contribution in [2.45, 2.75) is 297 Å². The lowest BCUT2D eigenvalue weighted by atomic mass is 10.0. The van der Waals surface area contributed by atoms with Gasteiger partial charge in [0.25, 0.3) is 0 Å². The number of ether oxygens (including phenoxy) is 3. The predicted molar refractivity (Wildman–Crippen MR) is 261 cm³/mol. The Morgan fingerprint density at radius 2 is 0.590 bits per heavy atom. The molecule has 0 N–H and O–H groups in total. The summed E-state index contributed by atoms with van der Waals surface area (Å²) in [6.07, 6.45) is 57.4. The smallest absolute Gasteiger partial charge is 0.306 e. The van der Waals surface area contributed by atoms with Gasteiger partial charge in [0.05, 0.1) is 0 Å². The average molecular weight is 859 g/mol. The van der Waals surface area contributed by atoms with Gasteiger partial charge in [-0.2, -0.15) is 0 Å². The third-order valence-corrected chi connectivity index (χ3v) is 12.0. The summed E-state index contributed by atoms with van der Waals surface area (Å²) in [5, 5.41) is 0. The Bertz CT molecular complexity index is 989. The first kappa shape index (κ1) is 58.9. The molecule has 0 aliphatic rings. The number of carbonyl (C=O) groups excluding carboxylic acids is 3. The molecular formula is C55H102O6. The highest BCUT2D eigenvalue weighted by Crippen LogP contribution is 2.16. The largest absolute Gasteiger partial charge is 0.462 e. The maximum atomic E-state index is 12.8. The first-order chi connectivity index (χ1) is 30.0. The summed E-state index contributed by atoms with van der Waals surface area (Å²) in [5.74, 6) is -0.866. The van der Waals surface area contributed by atoms with Gasteiger partial charge in [0.15, 0.2) is 6.10 Å². The van der Waals surface area contributed by atoms with Gasteiger partial charge in [-0.25, -0.2) is 0 Å². The number of hydrogen-bond donors (Lipinski definition) is 0. The highest BCUT2D eigenvalue weighted by Gasteiger charge is 2.19. The first-order valence-corrected chi connectivity index (χ1v) is 26.8. The quantitative estimate of drug-likeness (QED) is 0.0262. The van der Waals surface area contributed by atoms with E-state index in [0.717, 1.165) is 70.6 Å². The van der Waals surface area contributed by atoms with Gasteiger partial charge in [-0.15, -0.1) is 0 Å². The number of allylic oxidation sites excluding steroid dienone is 4. The van der Waals surface area contributed by atoms with Crippen LogP contribution in [-0.2, 0) is 28.6 Å². The molecule has 0 fully saturated rings. The fourth-order valence-corrected chi connectivity index (χ4v) is 7.89. The highest BCUT2D eigenvalue weighted by molar-refractivity contribution is 5.71. The van der Waals surface area contributed by atoms with Crippen LogP contribution in [0.5, 0.6) is 0 Å². The summed E-state index contributed by atoms with van der Waals surface area (Å²) in [6.45, 7) is 6.62. The maximum absolute atomic E-state index is 12.8. The van der Waals surface area contributed by atoms with Gasteiger partial charge in [-0.05, 0) is 51.4 Å². The summed E-state index contributed by atoms with van der Waals surface area (Å²) >= 11 is 0. The molecule has 1 atom stereocenters. The molecule has 6 heteroatoms. The Kier molecular flexibility index (Phi) is 48.8. The number of unbranched alkanes of at least 4 members (excludes halogenated alkanes) is 34. The molecule has 0 amide bonds. The molecule has 0 aromatic rings. The van der Waals surface area contributed by atoms with Gasteiger partial charge < -0.3 is 14.2 Å². The van der Waals surface area contributed by atoms with E-state index in [1.54, 1.807) is 0 Å². The van der Waals surface area contributed by atoms with Gasteiger partial charge in [-0.3, -0.25) is 14.4 Å². The van der Waals surface area contributed by atoms with Crippen LogP contribution < -0.4 is 0 Å². The molecule has 0 aromatic heterocycles. The lowest BCUT2D eigenvalue weighted by Crippen LogP contribution is -2.30. The number of carbonyl (C=O) groups is 3. The molecule has 0 spiro atoms. The zero-order chi connectivity index (χ0) is 44.4. The Morgan fingerprint density at radius 1 is 0.328 bits per heavy atom. The van der Waals surface area contributed by atoms with Crippen LogP contribution in [0.15, 0.2) is 24.3 Å². The second-order valence-corrected chi connectivity index (χ2v) is 18.2. The lowest BCUT2D eigenvalue weighted by Gasteiger charge is -2.18. The Balaban J connectivity index is 4.25. The topological polar surface area (TPSA) is 78.9 Å². The molecule has 6 nitrogen and oxygen atoms in total. The minimum absolute atomic E-state index is 0.0695. The van der Waals surface area contributed by atoms with E-state index in [1.165, 1.54) is 180 Å². The van der Waals surface area contributed by atoms with Crippen LogP contribution >= 0.6 is 0 Å². The summed E-state index contributed by atoms with van der Waals surface area (Å²) in [6, 6.07) is 0. The third-order valence-electron chi connectivity index (χ3n) is 12.0. The van der Waals surface area contributed by atoms with E-state index in [9.17, 15) is 14.4 Å². The van der Waals surface area contributed by atoms with Crippen molar-refractivity contribution in [3.63, 3.8) is 0 Å². The Morgan fingerprint density at radius 3 is 0.918 bits per heavy atom. The fraction of sp³-hybridized carbons (Fsp3) is 0.873. The zero-order valence-electron chi connectivity index (χ0n) is 40.9. The van der Waals surface area contributed by atoms with Crippen molar-refractivity contribution in [2.75, 3.05) is 13.2 Å². The van der Waals surface area contributed by atoms with Crippen molar-refractivity contribution in [1.29, 1.82) is 0 Å². The summed E-state index contributed by atoms with van der Waals surface area (Å²) in [5.41, 5.74) is 0. The number of rotatable bonds is 49. The van der Waals surface area contributed by atoms with Gasteiger partial charge in [0, 0.05) is 19.3 Å². The molecule has 0 rings (SSSR count). The first-order valence-electron chi connectivity index (χ1n) is 26.8. The summed E-state index contributed by atoms with van der Waals surface area (Å²) in [7, 11) is 0. The van der Waals surface area contributed by atoms with E-state index in [4.69, 9.17) is 14.2 Å². The van der Waals surface area contributed by atoms with Crippen molar-refractivity contribution in [3.8, 4) is 0 Å². The molecule has 0 aliphatic carbocycles. The predicted octanol–water partition coefficient (Wildman–Crippen LogP) is 17.5.